The van der Waals surface area contributed by atoms with E-state index in [0.29, 0.717) is 30.7 Å². The van der Waals surface area contributed by atoms with Crippen molar-refractivity contribution in [2.45, 2.75) is 19.4 Å². The normalized spacial score (nSPS) is 11.3. The van der Waals surface area contributed by atoms with Gasteiger partial charge in [0.05, 0.1) is 13.7 Å². The number of halogens is 2. The van der Waals surface area contributed by atoms with Crippen LogP contribution in [-0.2, 0) is 19.4 Å². The highest BCUT2D eigenvalue weighted by atomic mass is 79.9. The second-order valence-corrected chi connectivity index (χ2v) is 7.65. The topological polar surface area (TPSA) is 89.6 Å². The number of aromatic nitrogens is 1. The fraction of sp³-hybridized carbons (Fsp3) is 0.174. The molecule has 0 atom stereocenters. The number of hydrogen-bond donors (Lipinski definition) is 2. The fourth-order valence-corrected chi connectivity index (χ4v) is 3.52. The molecule has 3 rings (SSSR count). The lowest BCUT2D eigenvalue weighted by atomic mass is 9.98. The van der Waals surface area contributed by atoms with E-state index < -0.39 is 11.7 Å². The van der Waals surface area contributed by atoms with E-state index in [2.05, 4.69) is 31.2 Å². The summed E-state index contributed by atoms with van der Waals surface area (Å²) in [7, 11) is 1.59. The number of aliphatic imine (C=N–C) groups is 1. The average molecular weight is 485 g/mol. The molecule has 160 valence electrons. The van der Waals surface area contributed by atoms with Crippen LogP contribution in [0.1, 0.15) is 27.0 Å². The van der Waals surface area contributed by atoms with Gasteiger partial charge in [-0.2, -0.15) is 0 Å². The van der Waals surface area contributed by atoms with Crippen molar-refractivity contribution in [3.8, 4) is 5.75 Å². The summed E-state index contributed by atoms with van der Waals surface area (Å²) in [4.78, 5) is 20.8. The van der Waals surface area contributed by atoms with Crippen molar-refractivity contribution in [1.82, 2.24) is 10.3 Å². The van der Waals surface area contributed by atoms with Crippen LogP contribution in [0.5, 0.6) is 5.75 Å². The van der Waals surface area contributed by atoms with Gasteiger partial charge in [0.1, 0.15) is 11.6 Å². The van der Waals surface area contributed by atoms with Crippen molar-refractivity contribution in [2.75, 3.05) is 7.11 Å². The van der Waals surface area contributed by atoms with Crippen LogP contribution < -0.4 is 15.8 Å². The summed E-state index contributed by atoms with van der Waals surface area (Å²) in [6.45, 7) is 0.299. The van der Waals surface area contributed by atoms with Gasteiger partial charge < -0.3 is 10.5 Å². The Morgan fingerprint density at radius 1 is 1.19 bits per heavy atom. The first-order valence-electron chi connectivity index (χ1n) is 9.58. The highest BCUT2D eigenvalue weighted by molar-refractivity contribution is 9.10. The molecular formula is C23H22BrFN4O2. The Morgan fingerprint density at radius 3 is 2.71 bits per heavy atom. The van der Waals surface area contributed by atoms with Crippen LogP contribution in [0.3, 0.4) is 0 Å². The number of benzene rings is 2. The molecule has 0 aliphatic carbocycles. The van der Waals surface area contributed by atoms with Crippen molar-refractivity contribution in [1.29, 1.82) is 0 Å². The van der Waals surface area contributed by atoms with Gasteiger partial charge in [-0.1, -0.05) is 22.0 Å². The van der Waals surface area contributed by atoms with Gasteiger partial charge in [-0.15, -0.1) is 0 Å². The number of pyridine rings is 1. The minimum Gasteiger partial charge on any atom is -0.496 e. The molecule has 0 aliphatic rings. The maximum absolute atomic E-state index is 14.6. The number of guanidine groups is 1. The maximum Gasteiger partial charge on any atom is 0.258 e. The third kappa shape index (κ3) is 6.11. The van der Waals surface area contributed by atoms with Gasteiger partial charge in [-0.05, 0) is 66.4 Å². The Hall–Kier alpha value is -3.26. The van der Waals surface area contributed by atoms with Crippen molar-refractivity contribution in [3.63, 3.8) is 0 Å². The fourth-order valence-electron chi connectivity index (χ4n) is 3.12. The summed E-state index contributed by atoms with van der Waals surface area (Å²) in [6.07, 6.45) is 4.11. The van der Waals surface area contributed by atoms with Crippen molar-refractivity contribution < 1.29 is 13.9 Å². The largest absolute Gasteiger partial charge is 0.496 e. The van der Waals surface area contributed by atoms with E-state index in [0.717, 1.165) is 15.6 Å². The molecule has 6 nitrogen and oxygen atoms in total. The Kier molecular flexibility index (Phi) is 7.72. The molecule has 0 radical (unpaired) electrons. The van der Waals surface area contributed by atoms with E-state index in [-0.39, 0.29) is 11.5 Å². The summed E-state index contributed by atoms with van der Waals surface area (Å²) in [6, 6.07) is 13.7. The molecule has 0 saturated carbocycles. The van der Waals surface area contributed by atoms with Gasteiger partial charge >= 0.3 is 0 Å². The molecule has 8 heteroatoms. The van der Waals surface area contributed by atoms with Crippen LogP contribution in [0.15, 0.2) is 70.4 Å². The molecule has 0 unspecified atom stereocenters. The lowest BCUT2D eigenvalue weighted by Crippen LogP contribution is -2.37. The number of carbonyl (C=O) groups is 1. The summed E-state index contributed by atoms with van der Waals surface area (Å²) >= 11 is 3.44. The first-order chi connectivity index (χ1) is 15.0. The molecule has 2 aromatic carbocycles. The predicted molar refractivity (Wildman–Crippen MR) is 122 cm³/mol. The molecule has 3 aromatic rings. The van der Waals surface area contributed by atoms with E-state index in [4.69, 9.17) is 10.5 Å². The van der Waals surface area contributed by atoms with E-state index in [1.165, 1.54) is 12.1 Å². The molecule has 0 fully saturated rings. The highest BCUT2D eigenvalue weighted by Crippen LogP contribution is 2.25. The third-order valence-electron chi connectivity index (χ3n) is 4.67. The smallest absolute Gasteiger partial charge is 0.258 e. The number of nitrogens with two attached hydrogens (primary N) is 1. The van der Waals surface area contributed by atoms with Crippen LogP contribution in [-0.4, -0.2) is 24.0 Å². The lowest BCUT2D eigenvalue weighted by molar-refractivity contribution is 0.0975. The zero-order chi connectivity index (χ0) is 22.2. The first kappa shape index (κ1) is 22.4. The first-order valence-corrected chi connectivity index (χ1v) is 10.4. The monoisotopic (exact) mass is 484 g/mol. The minimum absolute atomic E-state index is 0.0364. The van der Waals surface area contributed by atoms with Crippen LogP contribution in [0.25, 0.3) is 0 Å². The molecule has 1 amide bonds. The highest BCUT2D eigenvalue weighted by Gasteiger charge is 2.17. The molecule has 0 saturated heterocycles. The van der Waals surface area contributed by atoms with Crippen LogP contribution >= 0.6 is 15.9 Å². The maximum atomic E-state index is 14.6. The van der Waals surface area contributed by atoms with E-state index in [9.17, 15) is 9.18 Å². The number of nitrogens with zero attached hydrogens (tertiary/aromatic N) is 2. The van der Waals surface area contributed by atoms with Crippen molar-refractivity contribution in [3.05, 3.63) is 93.5 Å². The minimum atomic E-state index is -0.508. The van der Waals surface area contributed by atoms with E-state index in [1.54, 1.807) is 37.7 Å². The number of nitrogens with one attached hydrogen (secondary N) is 1. The summed E-state index contributed by atoms with van der Waals surface area (Å²) in [5.41, 5.74) is 8.19. The number of rotatable bonds is 7. The Labute approximate surface area is 188 Å². The molecule has 0 spiro atoms. The van der Waals surface area contributed by atoms with Gasteiger partial charge in [0, 0.05) is 28.0 Å². The average Bonchev–Trinajstić information content (AvgIpc) is 2.77. The summed E-state index contributed by atoms with van der Waals surface area (Å²) < 4.78 is 20.9. The van der Waals surface area contributed by atoms with Gasteiger partial charge in [-0.3, -0.25) is 15.1 Å². The van der Waals surface area contributed by atoms with Crippen LogP contribution in [0.4, 0.5) is 4.39 Å². The van der Waals surface area contributed by atoms with Gasteiger partial charge in [0.2, 0.25) is 0 Å². The Bertz CT molecular complexity index is 1090. The zero-order valence-electron chi connectivity index (χ0n) is 16.9. The Morgan fingerprint density at radius 2 is 1.97 bits per heavy atom. The van der Waals surface area contributed by atoms with E-state index >= 15 is 0 Å². The SMILES string of the molecule is COc1ccc(Br)cc1CCc1c(F)cccc1C(=O)NC(N)=NCc1ccncc1. The molecular weight excluding hydrogens is 463 g/mol. The predicted octanol–water partition coefficient (Wildman–Crippen LogP) is 4.02. The number of aryl methyl sites for hydroxylation is 1. The number of methoxy groups -OCH3 is 1. The number of amides is 1. The second kappa shape index (κ2) is 10.7. The van der Waals surface area contributed by atoms with Crippen LogP contribution in [0, 0.1) is 5.82 Å². The van der Waals surface area contributed by atoms with Gasteiger partial charge in [0.15, 0.2) is 5.96 Å². The second-order valence-electron chi connectivity index (χ2n) is 6.73. The third-order valence-corrected chi connectivity index (χ3v) is 5.17. The summed E-state index contributed by atoms with van der Waals surface area (Å²) in [5.74, 6) is -0.288. The van der Waals surface area contributed by atoms with Gasteiger partial charge in [0.25, 0.3) is 5.91 Å². The van der Waals surface area contributed by atoms with Crippen molar-refractivity contribution >= 4 is 27.8 Å². The molecule has 1 aromatic heterocycles. The zero-order valence-corrected chi connectivity index (χ0v) is 18.5. The van der Waals surface area contributed by atoms with Gasteiger partial charge in [-0.25, -0.2) is 9.38 Å². The summed E-state index contributed by atoms with van der Waals surface area (Å²) in [5, 5.41) is 2.54. The quantitative estimate of drug-likeness (QED) is 0.391. The number of carbonyl (C=O) groups excluding carboxylic acids is 1. The van der Waals surface area contributed by atoms with Crippen LogP contribution in [0.2, 0.25) is 0 Å². The number of hydrogen-bond acceptors (Lipinski definition) is 4. The molecule has 0 bridgehead atoms. The molecule has 0 aliphatic heterocycles. The molecule has 31 heavy (non-hydrogen) atoms. The standard InChI is InChI=1S/C23H22BrFN4O2/c1-31-21-8-6-17(24)13-16(21)5-7-18-19(3-2-4-20(18)25)22(30)29-23(26)28-14-15-9-11-27-12-10-15/h2-4,6,8-13H,5,7,14H2,1H3,(H3,26,28,29,30). The molecule has 3 N–H and O–H groups in total. The van der Waals surface area contributed by atoms with Crippen molar-refractivity contribution in [2.24, 2.45) is 10.7 Å². The Balaban J connectivity index is 1.74. The molecule has 1 heterocycles. The van der Waals surface area contributed by atoms with E-state index in [1.807, 2.05) is 18.2 Å². The lowest BCUT2D eigenvalue weighted by Gasteiger charge is -2.13. The number of ether oxygens (including phenoxy) is 1.